The Morgan fingerprint density at radius 2 is 1.77 bits per heavy atom. The molecule has 0 aliphatic carbocycles. The fraction of sp³-hybridized carbons (Fsp3) is 0.562. The second-order valence-corrected chi connectivity index (χ2v) is 6.87. The largest absolute Gasteiger partial charge is 0.494 e. The standard InChI is InChI=1S/C16H22BClO4/c1-7-11-12(14(19)20-6)8-10(9-13(11)18)17-21-15(2,3)16(4,5)22-17/h8-9H,7H2,1-6H3. The fourth-order valence-electron chi connectivity index (χ4n) is 2.42. The lowest BCUT2D eigenvalue weighted by Crippen LogP contribution is -2.41. The van der Waals surface area contributed by atoms with Crippen molar-refractivity contribution < 1.29 is 18.8 Å². The molecule has 1 aliphatic rings. The van der Waals surface area contributed by atoms with Crippen molar-refractivity contribution in [2.45, 2.75) is 52.2 Å². The number of esters is 1. The fourth-order valence-corrected chi connectivity index (χ4v) is 2.79. The van der Waals surface area contributed by atoms with Crippen LogP contribution in [0.3, 0.4) is 0 Å². The minimum atomic E-state index is -0.559. The molecule has 0 bridgehead atoms. The third-order valence-electron chi connectivity index (χ3n) is 4.50. The van der Waals surface area contributed by atoms with Gasteiger partial charge in [-0.1, -0.05) is 18.5 Å². The van der Waals surface area contributed by atoms with Crippen LogP contribution in [0.2, 0.25) is 5.02 Å². The van der Waals surface area contributed by atoms with Crippen molar-refractivity contribution >= 4 is 30.2 Å². The van der Waals surface area contributed by atoms with Crippen LogP contribution in [0.15, 0.2) is 12.1 Å². The Labute approximate surface area is 137 Å². The molecule has 1 heterocycles. The Morgan fingerprint density at radius 3 is 2.23 bits per heavy atom. The lowest BCUT2D eigenvalue weighted by molar-refractivity contribution is 0.00578. The number of carbonyl (C=O) groups excluding carboxylic acids is 1. The second-order valence-electron chi connectivity index (χ2n) is 6.46. The first-order valence-corrected chi connectivity index (χ1v) is 7.77. The van der Waals surface area contributed by atoms with Gasteiger partial charge in [0.15, 0.2) is 0 Å². The maximum atomic E-state index is 12.0. The van der Waals surface area contributed by atoms with Crippen LogP contribution < -0.4 is 5.46 Å². The molecule has 1 fully saturated rings. The molecule has 120 valence electrons. The summed E-state index contributed by atoms with van der Waals surface area (Å²) in [5.41, 5.74) is 1.06. The van der Waals surface area contributed by atoms with E-state index in [0.717, 1.165) is 11.0 Å². The molecule has 0 atom stereocenters. The number of halogens is 1. The highest BCUT2D eigenvalue weighted by Gasteiger charge is 2.51. The predicted molar refractivity (Wildman–Crippen MR) is 87.9 cm³/mol. The summed E-state index contributed by atoms with van der Waals surface area (Å²) in [5, 5.41) is 0.523. The lowest BCUT2D eigenvalue weighted by Gasteiger charge is -2.32. The number of hydrogen-bond acceptors (Lipinski definition) is 4. The summed E-state index contributed by atoms with van der Waals surface area (Å²) in [4.78, 5) is 12.0. The van der Waals surface area contributed by atoms with Crippen LogP contribution in [0.4, 0.5) is 0 Å². The number of hydrogen-bond donors (Lipinski definition) is 0. The van der Waals surface area contributed by atoms with Gasteiger partial charge in [0.1, 0.15) is 0 Å². The highest BCUT2D eigenvalue weighted by Crippen LogP contribution is 2.37. The van der Waals surface area contributed by atoms with E-state index in [1.807, 2.05) is 34.6 Å². The zero-order valence-corrected chi connectivity index (χ0v) is 14.7. The van der Waals surface area contributed by atoms with Gasteiger partial charge in [0.25, 0.3) is 0 Å². The van der Waals surface area contributed by atoms with E-state index in [-0.39, 0.29) is 0 Å². The van der Waals surface area contributed by atoms with Crippen LogP contribution in [0.5, 0.6) is 0 Å². The summed E-state index contributed by atoms with van der Waals surface area (Å²) < 4.78 is 16.9. The third-order valence-corrected chi connectivity index (χ3v) is 4.84. The highest BCUT2D eigenvalue weighted by atomic mass is 35.5. The summed E-state index contributed by atoms with van der Waals surface area (Å²) in [6.07, 6.45) is 0.646. The SMILES string of the molecule is CCc1c(Cl)cc(B2OC(C)(C)C(C)(C)O2)cc1C(=O)OC. The van der Waals surface area contributed by atoms with Crippen molar-refractivity contribution in [3.05, 3.63) is 28.3 Å². The van der Waals surface area contributed by atoms with E-state index < -0.39 is 24.3 Å². The van der Waals surface area contributed by atoms with E-state index >= 15 is 0 Å². The molecule has 0 saturated carbocycles. The molecule has 1 aromatic carbocycles. The molecule has 0 amide bonds. The van der Waals surface area contributed by atoms with Crippen molar-refractivity contribution in [1.29, 1.82) is 0 Å². The number of ether oxygens (including phenoxy) is 1. The molecule has 1 saturated heterocycles. The Hall–Kier alpha value is -1.04. The average molecular weight is 325 g/mol. The topological polar surface area (TPSA) is 44.8 Å². The summed E-state index contributed by atoms with van der Waals surface area (Å²) in [7, 11) is 0.800. The molecule has 0 radical (unpaired) electrons. The van der Waals surface area contributed by atoms with Gasteiger partial charge >= 0.3 is 13.1 Å². The van der Waals surface area contributed by atoms with E-state index in [2.05, 4.69) is 0 Å². The van der Waals surface area contributed by atoms with Gasteiger partial charge in [-0.25, -0.2) is 4.79 Å². The first-order valence-electron chi connectivity index (χ1n) is 7.39. The zero-order valence-electron chi connectivity index (χ0n) is 14.0. The molecular weight excluding hydrogens is 302 g/mol. The molecule has 4 nitrogen and oxygen atoms in total. The molecule has 2 rings (SSSR count). The molecule has 0 spiro atoms. The van der Waals surface area contributed by atoms with E-state index in [1.165, 1.54) is 7.11 Å². The molecule has 0 unspecified atom stereocenters. The Kier molecular flexibility index (Phi) is 4.62. The van der Waals surface area contributed by atoms with Gasteiger partial charge in [0, 0.05) is 5.02 Å². The predicted octanol–water partition coefficient (Wildman–Crippen LogP) is 2.99. The van der Waals surface area contributed by atoms with Gasteiger partial charge in [0.05, 0.1) is 23.9 Å². The monoisotopic (exact) mass is 324 g/mol. The lowest BCUT2D eigenvalue weighted by atomic mass is 9.77. The van der Waals surface area contributed by atoms with E-state index in [4.69, 9.17) is 25.6 Å². The molecule has 1 aromatic rings. The maximum absolute atomic E-state index is 12.0. The summed E-state index contributed by atoms with van der Waals surface area (Å²) in [6, 6.07) is 3.55. The summed E-state index contributed by atoms with van der Waals surface area (Å²) in [5.74, 6) is -0.405. The summed E-state index contributed by atoms with van der Waals surface area (Å²) in [6.45, 7) is 9.88. The van der Waals surface area contributed by atoms with Crippen LogP contribution >= 0.6 is 11.6 Å². The van der Waals surface area contributed by atoms with Gasteiger partial charge in [-0.15, -0.1) is 0 Å². The van der Waals surface area contributed by atoms with Crippen LogP contribution in [0.25, 0.3) is 0 Å². The van der Waals surface area contributed by atoms with Crippen molar-refractivity contribution in [2.24, 2.45) is 0 Å². The Morgan fingerprint density at radius 1 is 1.23 bits per heavy atom. The van der Waals surface area contributed by atoms with E-state index in [1.54, 1.807) is 12.1 Å². The molecule has 22 heavy (non-hydrogen) atoms. The normalized spacial score (nSPS) is 19.3. The smallest absolute Gasteiger partial charge is 0.465 e. The van der Waals surface area contributed by atoms with E-state index in [9.17, 15) is 4.79 Å². The van der Waals surface area contributed by atoms with Gasteiger partial charge in [-0.3, -0.25) is 0 Å². The number of carbonyl (C=O) groups is 1. The zero-order chi connectivity index (χ0) is 16.7. The van der Waals surface area contributed by atoms with Crippen LogP contribution in [0.1, 0.15) is 50.5 Å². The van der Waals surface area contributed by atoms with Gasteiger partial charge in [-0.05, 0) is 57.3 Å². The van der Waals surface area contributed by atoms with Crippen molar-refractivity contribution in [3.8, 4) is 0 Å². The quantitative estimate of drug-likeness (QED) is 0.633. The van der Waals surface area contributed by atoms with Crippen LogP contribution in [-0.2, 0) is 20.5 Å². The highest BCUT2D eigenvalue weighted by molar-refractivity contribution is 6.62. The Balaban J connectivity index is 2.46. The van der Waals surface area contributed by atoms with Crippen molar-refractivity contribution in [1.82, 2.24) is 0 Å². The average Bonchev–Trinajstić information content (AvgIpc) is 2.65. The summed E-state index contributed by atoms with van der Waals surface area (Å²) >= 11 is 6.34. The van der Waals surface area contributed by atoms with Gasteiger partial charge in [0.2, 0.25) is 0 Å². The number of benzene rings is 1. The van der Waals surface area contributed by atoms with Crippen LogP contribution in [0, 0.1) is 0 Å². The minimum absolute atomic E-state index is 0.405. The molecule has 6 heteroatoms. The van der Waals surface area contributed by atoms with Crippen molar-refractivity contribution in [2.75, 3.05) is 7.11 Å². The number of methoxy groups -OCH3 is 1. The molecular formula is C16H22BClO4. The second kappa shape index (κ2) is 5.87. The Bertz CT molecular complexity index is 582. The molecule has 0 aromatic heterocycles. The van der Waals surface area contributed by atoms with E-state index in [0.29, 0.717) is 17.0 Å². The first-order chi connectivity index (χ1) is 10.1. The van der Waals surface area contributed by atoms with Crippen molar-refractivity contribution in [3.63, 3.8) is 0 Å². The van der Waals surface area contributed by atoms with Gasteiger partial charge < -0.3 is 14.0 Å². The minimum Gasteiger partial charge on any atom is -0.465 e. The third kappa shape index (κ3) is 2.90. The number of rotatable bonds is 3. The molecule has 0 N–H and O–H groups in total. The maximum Gasteiger partial charge on any atom is 0.494 e. The van der Waals surface area contributed by atoms with Crippen LogP contribution in [-0.4, -0.2) is 31.4 Å². The first kappa shape index (κ1) is 17.3. The molecule has 1 aliphatic heterocycles. The van der Waals surface area contributed by atoms with Gasteiger partial charge in [-0.2, -0.15) is 0 Å².